The van der Waals surface area contributed by atoms with Gasteiger partial charge in [-0.3, -0.25) is 0 Å². The number of hydrogen-bond acceptors (Lipinski definition) is 3. The van der Waals surface area contributed by atoms with Gasteiger partial charge in [-0.1, -0.05) is 0 Å². The second-order valence-electron chi connectivity index (χ2n) is 3.16. The lowest BCUT2D eigenvalue weighted by Gasteiger charge is -2.01. The van der Waals surface area contributed by atoms with Crippen LogP contribution >= 0.6 is 15.9 Å². The summed E-state index contributed by atoms with van der Waals surface area (Å²) in [5.74, 6) is 1.26. The minimum atomic E-state index is -0.0907. The summed E-state index contributed by atoms with van der Waals surface area (Å²) in [4.78, 5) is 0. The summed E-state index contributed by atoms with van der Waals surface area (Å²) >= 11 is 3.41. The summed E-state index contributed by atoms with van der Waals surface area (Å²) in [5, 5.41) is 8.89. The quantitative estimate of drug-likeness (QED) is 0.823. The molecule has 2 rings (SSSR count). The predicted molar refractivity (Wildman–Crippen MR) is 62.2 cm³/mol. The van der Waals surface area contributed by atoms with E-state index < -0.39 is 0 Å². The van der Waals surface area contributed by atoms with Gasteiger partial charge in [-0.2, -0.15) is 0 Å². The molecule has 0 radical (unpaired) electrons. The van der Waals surface area contributed by atoms with Crippen LogP contribution in [0.3, 0.4) is 0 Å². The van der Waals surface area contributed by atoms with E-state index in [1.54, 1.807) is 12.1 Å². The summed E-state index contributed by atoms with van der Waals surface area (Å²) in [5.41, 5.74) is 7.25. The molecule has 78 valence electrons. The molecule has 1 heterocycles. The highest BCUT2D eigenvalue weighted by Gasteiger charge is 2.07. The summed E-state index contributed by atoms with van der Waals surface area (Å²) in [7, 11) is 0. The lowest BCUT2D eigenvalue weighted by atomic mass is 10.1. The number of aliphatic hydroxyl groups excluding tert-OH is 1. The first-order valence-corrected chi connectivity index (χ1v) is 5.25. The van der Waals surface area contributed by atoms with Crippen LogP contribution in [0.15, 0.2) is 39.2 Å². The molecule has 0 aliphatic heterocycles. The van der Waals surface area contributed by atoms with Crippen molar-refractivity contribution in [3.63, 3.8) is 0 Å². The molecule has 0 spiro atoms. The maximum atomic E-state index is 8.89. The largest absolute Gasteiger partial charge is 0.459 e. The average Bonchev–Trinajstić information content (AvgIpc) is 2.66. The monoisotopic (exact) mass is 267 g/mol. The van der Waals surface area contributed by atoms with Gasteiger partial charge in [0.05, 0.1) is 0 Å². The van der Waals surface area contributed by atoms with Gasteiger partial charge in [-0.05, 0) is 46.3 Å². The molecule has 0 bridgehead atoms. The molecule has 0 atom stereocenters. The number of rotatable bonds is 2. The Balaban J connectivity index is 2.44. The summed E-state index contributed by atoms with van der Waals surface area (Å²) in [6.45, 7) is -0.0907. The van der Waals surface area contributed by atoms with E-state index >= 15 is 0 Å². The van der Waals surface area contributed by atoms with Crippen molar-refractivity contribution >= 4 is 21.6 Å². The molecule has 1 aromatic heterocycles. The summed E-state index contributed by atoms with van der Waals surface area (Å²) in [6.07, 6.45) is 0. The van der Waals surface area contributed by atoms with Crippen LogP contribution in [0.2, 0.25) is 0 Å². The zero-order valence-corrected chi connectivity index (χ0v) is 9.49. The molecular weight excluding hydrogens is 258 g/mol. The fraction of sp³-hybridized carbons (Fsp3) is 0.0909. The molecule has 0 aliphatic rings. The number of aliphatic hydroxyl groups is 1. The Morgan fingerprint density at radius 3 is 2.67 bits per heavy atom. The van der Waals surface area contributed by atoms with Crippen LogP contribution in [0.4, 0.5) is 5.69 Å². The molecule has 0 aliphatic carbocycles. The fourth-order valence-corrected chi connectivity index (χ4v) is 1.93. The van der Waals surface area contributed by atoms with Crippen molar-refractivity contribution in [3.8, 4) is 11.3 Å². The average molecular weight is 268 g/mol. The smallest absolute Gasteiger partial charge is 0.135 e. The Morgan fingerprint density at radius 1 is 1.27 bits per heavy atom. The molecule has 4 heteroatoms. The van der Waals surface area contributed by atoms with Crippen LogP contribution in [-0.4, -0.2) is 5.11 Å². The summed E-state index contributed by atoms with van der Waals surface area (Å²) in [6, 6.07) is 9.07. The Bertz CT molecular complexity index is 479. The maximum Gasteiger partial charge on any atom is 0.135 e. The van der Waals surface area contributed by atoms with Crippen molar-refractivity contribution in [1.82, 2.24) is 0 Å². The molecule has 1 aromatic carbocycles. The van der Waals surface area contributed by atoms with Crippen molar-refractivity contribution in [3.05, 3.63) is 40.6 Å². The van der Waals surface area contributed by atoms with Gasteiger partial charge in [0, 0.05) is 15.7 Å². The minimum Gasteiger partial charge on any atom is -0.459 e. The molecule has 0 unspecified atom stereocenters. The van der Waals surface area contributed by atoms with Gasteiger partial charge < -0.3 is 15.3 Å². The Hall–Kier alpha value is -1.26. The van der Waals surface area contributed by atoms with Gasteiger partial charge in [0.25, 0.3) is 0 Å². The zero-order valence-electron chi connectivity index (χ0n) is 7.90. The van der Waals surface area contributed by atoms with Crippen molar-refractivity contribution in [2.24, 2.45) is 0 Å². The Labute approximate surface area is 95.6 Å². The van der Waals surface area contributed by atoms with Gasteiger partial charge in [-0.15, -0.1) is 0 Å². The van der Waals surface area contributed by atoms with E-state index in [9.17, 15) is 0 Å². The van der Waals surface area contributed by atoms with Gasteiger partial charge in [-0.25, -0.2) is 0 Å². The highest BCUT2D eigenvalue weighted by molar-refractivity contribution is 9.10. The van der Waals surface area contributed by atoms with Gasteiger partial charge in [0.1, 0.15) is 18.1 Å². The van der Waals surface area contributed by atoms with E-state index in [4.69, 9.17) is 15.3 Å². The fourth-order valence-electron chi connectivity index (χ4n) is 1.34. The van der Waals surface area contributed by atoms with Crippen molar-refractivity contribution < 1.29 is 9.52 Å². The molecule has 0 saturated heterocycles. The third-order valence-corrected chi connectivity index (χ3v) is 2.73. The van der Waals surface area contributed by atoms with Crippen LogP contribution < -0.4 is 5.73 Å². The van der Waals surface area contributed by atoms with Crippen molar-refractivity contribution in [2.45, 2.75) is 6.61 Å². The molecular formula is C11H10BrNO2. The number of anilines is 1. The lowest BCUT2D eigenvalue weighted by molar-refractivity contribution is 0.248. The topological polar surface area (TPSA) is 59.4 Å². The van der Waals surface area contributed by atoms with E-state index in [1.807, 2.05) is 18.2 Å². The standard InChI is InChI=1S/C11H10BrNO2/c12-10-5-7(13)1-3-9(10)11-4-2-8(6-14)15-11/h1-5,14H,6,13H2. The van der Waals surface area contributed by atoms with Crippen LogP contribution in [0, 0.1) is 0 Å². The highest BCUT2D eigenvalue weighted by atomic mass is 79.9. The SMILES string of the molecule is Nc1ccc(-c2ccc(CO)o2)c(Br)c1. The first-order valence-electron chi connectivity index (χ1n) is 4.45. The van der Waals surface area contributed by atoms with E-state index in [-0.39, 0.29) is 6.61 Å². The predicted octanol–water partition coefficient (Wildman–Crippen LogP) is 2.78. The van der Waals surface area contributed by atoms with Crippen LogP contribution in [0.25, 0.3) is 11.3 Å². The van der Waals surface area contributed by atoms with Crippen molar-refractivity contribution in [1.29, 1.82) is 0 Å². The third kappa shape index (κ3) is 2.06. The molecule has 0 saturated carbocycles. The van der Waals surface area contributed by atoms with Crippen LogP contribution in [0.5, 0.6) is 0 Å². The first-order chi connectivity index (χ1) is 7.20. The molecule has 15 heavy (non-hydrogen) atoms. The number of nitrogens with two attached hydrogens (primary N) is 1. The first kappa shape index (κ1) is 10.3. The summed E-state index contributed by atoms with van der Waals surface area (Å²) < 4.78 is 6.29. The number of halogens is 1. The third-order valence-electron chi connectivity index (χ3n) is 2.08. The lowest BCUT2D eigenvalue weighted by Crippen LogP contribution is -1.85. The normalized spacial score (nSPS) is 10.5. The molecule has 2 aromatic rings. The van der Waals surface area contributed by atoms with Crippen LogP contribution in [0.1, 0.15) is 5.76 Å². The van der Waals surface area contributed by atoms with E-state index in [0.717, 1.165) is 10.0 Å². The van der Waals surface area contributed by atoms with E-state index in [0.29, 0.717) is 17.2 Å². The second-order valence-corrected chi connectivity index (χ2v) is 4.02. The van der Waals surface area contributed by atoms with Gasteiger partial charge in [0.2, 0.25) is 0 Å². The maximum absolute atomic E-state index is 8.89. The number of benzene rings is 1. The van der Waals surface area contributed by atoms with Gasteiger partial charge >= 0.3 is 0 Å². The number of nitrogen functional groups attached to an aromatic ring is 1. The van der Waals surface area contributed by atoms with Gasteiger partial charge in [0.15, 0.2) is 0 Å². The van der Waals surface area contributed by atoms with Crippen molar-refractivity contribution in [2.75, 3.05) is 5.73 Å². The molecule has 0 amide bonds. The number of furan rings is 1. The van der Waals surface area contributed by atoms with E-state index in [2.05, 4.69) is 15.9 Å². The Morgan fingerprint density at radius 2 is 2.07 bits per heavy atom. The molecule has 3 N–H and O–H groups in total. The Kier molecular flexibility index (Phi) is 2.79. The molecule has 0 fully saturated rings. The van der Waals surface area contributed by atoms with Crippen LogP contribution in [-0.2, 0) is 6.61 Å². The zero-order chi connectivity index (χ0) is 10.8. The minimum absolute atomic E-state index is 0.0907. The number of hydrogen-bond donors (Lipinski definition) is 2. The molecule has 3 nitrogen and oxygen atoms in total. The highest BCUT2D eigenvalue weighted by Crippen LogP contribution is 2.31. The second kappa shape index (κ2) is 4.08. The van der Waals surface area contributed by atoms with E-state index in [1.165, 1.54) is 0 Å².